The number of furan rings is 1. The number of aliphatic hydroxyl groups is 1. The zero-order chi connectivity index (χ0) is 17.0. The van der Waals surface area contributed by atoms with Crippen LogP contribution in [0.3, 0.4) is 0 Å². The first-order valence-electron chi connectivity index (χ1n) is 7.91. The number of nitrogens with zero attached hydrogens (tertiary/aromatic N) is 1. The second kappa shape index (κ2) is 7.00. The van der Waals surface area contributed by atoms with Crippen LogP contribution in [0.5, 0.6) is 0 Å². The summed E-state index contributed by atoms with van der Waals surface area (Å²) in [4.78, 5) is 12.2. The molecule has 2 aromatic heterocycles. The number of carbonyl (C=O) groups excluding carboxylic acids is 1. The highest BCUT2D eigenvalue weighted by Crippen LogP contribution is 2.24. The van der Waals surface area contributed by atoms with E-state index in [4.69, 9.17) is 8.94 Å². The van der Waals surface area contributed by atoms with Gasteiger partial charge in [0.25, 0.3) is 5.91 Å². The van der Waals surface area contributed by atoms with Crippen molar-refractivity contribution in [1.29, 1.82) is 0 Å². The molecule has 1 amide bonds. The van der Waals surface area contributed by atoms with E-state index in [1.54, 1.807) is 32.0 Å². The van der Waals surface area contributed by atoms with E-state index in [1.165, 1.54) is 0 Å². The number of nitrogens with one attached hydrogen (secondary N) is 1. The molecule has 0 aliphatic rings. The van der Waals surface area contributed by atoms with Crippen molar-refractivity contribution in [3.05, 3.63) is 41.2 Å². The fourth-order valence-electron chi connectivity index (χ4n) is 2.45. The molecule has 0 aliphatic carbocycles. The molecule has 2 aromatic rings. The second-order valence-electron chi connectivity index (χ2n) is 6.00. The number of rotatable bonds is 7. The maximum Gasteiger partial charge on any atom is 0.290 e. The summed E-state index contributed by atoms with van der Waals surface area (Å²) in [6.07, 6.45) is 1.88. The molecule has 0 saturated carbocycles. The third-order valence-electron chi connectivity index (χ3n) is 4.02. The fourth-order valence-corrected chi connectivity index (χ4v) is 2.45. The minimum Gasteiger partial charge on any atom is -0.463 e. The highest BCUT2D eigenvalue weighted by molar-refractivity contribution is 5.91. The van der Waals surface area contributed by atoms with Gasteiger partial charge in [0.1, 0.15) is 17.1 Å². The molecule has 0 radical (unpaired) electrons. The van der Waals surface area contributed by atoms with E-state index in [-0.39, 0.29) is 18.2 Å². The molecule has 0 spiro atoms. The molecule has 0 fully saturated rings. The van der Waals surface area contributed by atoms with Crippen molar-refractivity contribution >= 4 is 5.91 Å². The molecule has 1 unspecified atom stereocenters. The molecule has 2 heterocycles. The van der Waals surface area contributed by atoms with Gasteiger partial charge in [-0.2, -0.15) is 0 Å². The predicted octanol–water partition coefficient (Wildman–Crippen LogP) is 3.12. The van der Waals surface area contributed by atoms with Gasteiger partial charge in [-0.3, -0.25) is 4.79 Å². The first-order chi connectivity index (χ1) is 10.9. The van der Waals surface area contributed by atoms with Gasteiger partial charge in [-0.05, 0) is 38.8 Å². The van der Waals surface area contributed by atoms with E-state index in [2.05, 4.69) is 24.3 Å². The Balaban J connectivity index is 1.99. The van der Waals surface area contributed by atoms with Gasteiger partial charge >= 0.3 is 0 Å². The number of amides is 1. The summed E-state index contributed by atoms with van der Waals surface area (Å²) in [5.74, 6) is 1.15. The molecule has 2 rings (SSSR count). The number of hydrogen-bond acceptors (Lipinski definition) is 5. The van der Waals surface area contributed by atoms with Crippen molar-refractivity contribution in [3.8, 4) is 0 Å². The largest absolute Gasteiger partial charge is 0.463 e. The summed E-state index contributed by atoms with van der Waals surface area (Å²) >= 11 is 0. The molecule has 2 N–H and O–H groups in total. The molecule has 0 aliphatic heterocycles. The molecule has 23 heavy (non-hydrogen) atoms. The van der Waals surface area contributed by atoms with Crippen LogP contribution in [0.4, 0.5) is 0 Å². The number of carbonyl (C=O) groups is 1. The Hall–Kier alpha value is -2.08. The highest BCUT2D eigenvalue weighted by Gasteiger charge is 2.28. The van der Waals surface area contributed by atoms with E-state index in [0.717, 1.165) is 18.5 Å². The Labute approximate surface area is 135 Å². The van der Waals surface area contributed by atoms with Crippen LogP contribution < -0.4 is 5.32 Å². The molecule has 0 bridgehead atoms. The van der Waals surface area contributed by atoms with E-state index in [0.29, 0.717) is 11.5 Å². The van der Waals surface area contributed by atoms with Crippen molar-refractivity contribution in [2.75, 3.05) is 6.54 Å². The van der Waals surface area contributed by atoms with E-state index in [9.17, 15) is 9.90 Å². The maximum absolute atomic E-state index is 12.2. The van der Waals surface area contributed by atoms with Crippen molar-refractivity contribution in [2.45, 2.75) is 52.1 Å². The van der Waals surface area contributed by atoms with E-state index >= 15 is 0 Å². The third kappa shape index (κ3) is 4.01. The monoisotopic (exact) mass is 320 g/mol. The van der Waals surface area contributed by atoms with Gasteiger partial charge in [0, 0.05) is 12.0 Å². The Morgan fingerprint density at radius 1 is 1.39 bits per heavy atom. The van der Waals surface area contributed by atoms with Crippen LogP contribution in [0.2, 0.25) is 0 Å². The van der Waals surface area contributed by atoms with E-state index < -0.39 is 11.5 Å². The molecule has 0 saturated heterocycles. The Bertz CT molecular complexity index is 653. The molecule has 6 heteroatoms. The molecule has 6 nitrogen and oxygen atoms in total. The Morgan fingerprint density at radius 3 is 2.65 bits per heavy atom. The maximum atomic E-state index is 12.2. The van der Waals surface area contributed by atoms with Gasteiger partial charge in [0.15, 0.2) is 0 Å². The summed E-state index contributed by atoms with van der Waals surface area (Å²) in [7, 11) is 0. The first-order valence-corrected chi connectivity index (χ1v) is 7.91. The van der Waals surface area contributed by atoms with Crippen LogP contribution in [0.15, 0.2) is 27.1 Å². The van der Waals surface area contributed by atoms with Crippen LogP contribution in [0.1, 0.15) is 67.3 Å². The third-order valence-corrected chi connectivity index (χ3v) is 4.02. The van der Waals surface area contributed by atoms with Gasteiger partial charge in [-0.15, -0.1) is 0 Å². The van der Waals surface area contributed by atoms with Gasteiger partial charge in [0.2, 0.25) is 5.76 Å². The highest BCUT2D eigenvalue weighted by atomic mass is 16.5. The average Bonchev–Trinajstić information content (AvgIpc) is 3.16. The van der Waals surface area contributed by atoms with Crippen molar-refractivity contribution in [2.24, 2.45) is 0 Å². The summed E-state index contributed by atoms with van der Waals surface area (Å²) in [6.45, 7) is 7.55. The van der Waals surface area contributed by atoms with Gasteiger partial charge in [-0.1, -0.05) is 19.0 Å². The Kier molecular flexibility index (Phi) is 5.26. The van der Waals surface area contributed by atoms with Crippen LogP contribution in [0.25, 0.3) is 0 Å². The molecular weight excluding hydrogens is 296 g/mol. The number of hydrogen-bond donors (Lipinski definition) is 2. The van der Waals surface area contributed by atoms with E-state index in [1.807, 2.05) is 0 Å². The zero-order valence-electron chi connectivity index (χ0n) is 14.0. The summed E-state index contributed by atoms with van der Waals surface area (Å²) in [5.41, 5.74) is -0.504. The van der Waals surface area contributed by atoms with Crippen molar-refractivity contribution < 1.29 is 18.8 Å². The first kappa shape index (κ1) is 17.3. The minimum atomic E-state index is -1.29. The molecule has 126 valence electrons. The number of aromatic nitrogens is 1. The zero-order valence-corrected chi connectivity index (χ0v) is 14.0. The van der Waals surface area contributed by atoms with Gasteiger partial charge < -0.3 is 19.4 Å². The molecular formula is C17H24N2O4. The van der Waals surface area contributed by atoms with Crippen LogP contribution in [-0.2, 0) is 5.60 Å². The predicted molar refractivity (Wildman–Crippen MR) is 85.2 cm³/mol. The number of aryl methyl sites for hydroxylation is 1. The second-order valence-corrected chi connectivity index (χ2v) is 6.00. The van der Waals surface area contributed by atoms with Crippen molar-refractivity contribution in [3.63, 3.8) is 0 Å². The van der Waals surface area contributed by atoms with Gasteiger partial charge in [-0.25, -0.2) is 0 Å². The lowest BCUT2D eigenvalue weighted by molar-refractivity contribution is 0.0318. The van der Waals surface area contributed by atoms with Gasteiger partial charge in [0.05, 0.1) is 12.2 Å². The molecule has 0 aromatic carbocycles. The minimum absolute atomic E-state index is 0.0137. The SMILES string of the molecule is CCC(CC)c1cc(C(=O)NCC(C)(O)c2ccc(C)o2)on1. The fraction of sp³-hybridized carbons (Fsp3) is 0.529. The van der Waals surface area contributed by atoms with Crippen LogP contribution in [0, 0.1) is 6.92 Å². The van der Waals surface area contributed by atoms with Crippen LogP contribution in [-0.4, -0.2) is 22.7 Å². The normalized spacial score (nSPS) is 14.0. The summed E-state index contributed by atoms with van der Waals surface area (Å²) in [5, 5.41) is 17.0. The summed E-state index contributed by atoms with van der Waals surface area (Å²) in [6, 6.07) is 5.13. The smallest absolute Gasteiger partial charge is 0.290 e. The summed E-state index contributed by atoms with van der Waals surface area (Å²) < 4.78 is 10.5. The Morgan fingerprint density at radius 2 is 2.09 bits per heavy atom. The van der Waals surface area contributed by atoms with Crippen molar-refractivity contribution in [1.82, 2.24) is 10.5 Å². The quantitative estimate of drug-likeness (QED) is 0.818. The topological polar surface area (TPSA) is 88.5 Å². The lowest BCUT2D eigenvalue weighted by Gasteiger charge is -2.20. The average molecular weight is 320 g/mol. The standard InChI is InChI=1S/C17H24N2O4/c1-5-12(6-2)13-9-14(23-19-13)16(20)18-10-17(4,21)15-8-7-11(3)22-15/h7-9,12,21H,5-6,10H2,1-4H3,(H,18,20). The molecule has 1 atom stereocenters. The lowest BCUT2D eigenvalue weighted by Crippen LogP contribution is -2.38. The lowest BCUT2D eigenvalue weighted by atomic mass is 9.99. The van der Waals surface area contributed by atoms with Crippen LogP contribution >= 0.6 is 0 Å².